The average Bonchev–Trinajstić information content (AvgIpc) is 2.45. The van der Waals surface area contributed by atoms with Gasteiger partial charge >= 0.3 is 5.69 Å². The lowest BCUT2D eigenvalue weighted by Gasteiger charge is -2.16. The molecule has 2 heterocycles. The maximum Gasteiger partial charge on any atom is 0.331 e. The molecule has 15 heavy (non-hydrogen) atoms. The quantitative estimate of drug-likeness (QED) is 0.735. The molecule has 5 heteroatoms. The van der Waals surface area contributed by atoms with Gasteiger partial charge in [0.15, 0.2) is 6.23 Å². The molecule has 0 amide bonds. The van der Waals surface area contributed by atoms with Gasteiger partial charge in [0, 0.05) is 24.6 Å². The van der Waals surface area contributed by atoms with Crippen LogP contribution in [0.15, 0.2) is 34.2 Å². The van der Waals surface area contributed by atoms with E-state index in [9.17, 15) is 9.59 Å². The Bertz CT molecular complexity index is 500. The van der Waals surface area contributed by atoms with Crippen LogP contribution in [0.4, 0.5) is 0 Å². The van der Waals surface area contributed by atoms with E-state index in [1.165, 1.54) is 16.8 Å². The van der Waals surface area contributed by atoms with Crippen LogP contribution in [0.5, 0.6) is 0 Å². The van der Waals surface area contributed by atoms with Crippen LogP contribution in [0.2, 0.25) is 0 Å². The first-order valence-electron chi connectivity index (χ1n) is 4.74. The second-order valence-corrected chi connectivity index (χ2v) is 3.75. The topological polar surface area (TPSA) is 64.1 Å². The van der Waals surface area contributed by atoms with E-state index in [-0.39, 0.29) is 12.1 Å². The van der Waals surface area contributed by atoms with Crippen molar-refractivity contribution in [2.75, 3.05) is 0 Å². The molecule has 0 saturated carbocycles. The summed E-state index contributed by atoms with van der Waals surface area (Å²) in [6, 6.07) is 1.30. The second-order valence-electron chi connectivity index (χ2n) is 3.75. The highest BCUT2D eigenvalue weighted by Gasteiger charge is 2.29. The van der Waals surface area contributed by atoms with Gasteiger partial charge in [-0.1, -0.05) is 13.5 Å². The Hall–Kier alpha value is -1.78. The monoisotopic (exact) mass is 208 g/mol. The van der Waals surface area contributed by atoms with E-state index in [0.29, 0.717) is 5.76 Å². The fourth-order valence-corrected chi connectivity index (χ4v) is 1.75. The van der Waals surface area contributed by atoms with E-state index in [0.717, 1.165) is 6.42 Å². The minimum absolute atomic E-state index is 0.182. The predicted octanol–water partition coefficient (Wildman–Crippen LogP) is 0.605. The predicted molar refractivity (Wildman–Crippen MR) is 54.4 cm³/mol. The van der Waals surface area contributed by atoms with Crippen molar-refractivity contribution >= 4 is 0 Å². The molecule has 1 aliphatic rings. The first kappa shape index (κ1) is 9.76. The van der Waals surface area contributed by atoms with E-state index in [4.69, 9.17) is 4.74 Å². The lowest BCUT2D eigenvalue weighted by atomic mass is 10.1. The minimum Gasteiger partial charge on any atom is -0.475 e. The number of H-pyrrole nitrogens is 1. The van der Waals surface area contributed by atoms with Crippen LogP contribution < -0.4 is 11.2 Å². The van der Waals surface area contributed by atoms with E-state index < -0.39 is 11.2 Å². The molecular formula is C10H12N2O3. The summed E-state index contributed by atoms with van der Waals surface area (Å²) in [5, 5.41) is 0. The summed E-state index contributed by atoms with van der Waals surface area (Å²) >= 11 is 0. The van der Waals surface area contributed by atoms with Crippen LogP contribution in [0, 0.1) is 5.92 Å². The number of allylic oxidation sites excluding steroid dienone is 1. The van der Waals surface area contributed by atoms with E-state index in [1.807, 2.05) is 6.92 Å². The Kier molecular flexibility index (Phi) is 2.22. The van der Waals surface area contributed by atoms with Crippen LogP contribution in [0.3, 0.4) is 0 Å². The minimum atomic E-state index is -0.450. The first-order chi connectivity index (χ1) is 7.08. The average molecular weight is 208 g/mol. The normalized spacial score (nSPS) is 25.3. The van der Waals surface area contributed by atoms with Crippen LogP contribution in [0.1, 0.15) is 19.6 Å². The smallest absolute Gasteiger partial charge is 0.331 e. The Balaban J connectivity index is 2.42. The highest BCUT2D eigenvalue weighted by molar-refractivity contribution is 4.96. The fraction of sp³-hybridized carbons (Fsp3) is 0.400. The summed E-state index contributed by atoms with van der Waals surface area (Å²) < 4.78 is 6.81. The second kappa shape index (κ2) is 3.42. The highest BCUT2D eigenvalue weighted by Crippen LogP contribution is 2.34. The van der Waals surface area contributed by atoms with Crippen molar-refractivity contribution < 1.29 is 4.74 Å². The van der Waals surface area contributed by atoms with Gasteiger partial charge in [0.25, 0.3) is 5.56 Å². The zero-order valence-corrected chi connectivity index (χ0v) is 8.40. The molecule has 0 radical (unpaired) electrons. The molecule has 1 N–H and O–H groups in total. The third-order valence-electron chi connectivity index (χ3n) is 2.45. The van der Waals surface area contributed by atoms with Crippen molar-refractivity contribution in [3.63, 3.8) is 0 Å². The molecule has 1 saturated heterocycles. The summed E-state index contributed by atoms with van der Waals surface area (Å²) in [6.45, 7) is 5.69. The number of nitrogens with zero attached hydrogens (tertiary/aromatic N) is 1. The fourth-order valence-electron chi connectivity index (χ4n) is 1.75. The Morgan fingerprint density at radius 1 is 1.60 bits per heavy atom. The summed E-state index contributed by atoms with van der Waals surface area (Å²) in [4.78, 5) is 24.5. The van der Waals surface area contributed by atoms with Gasteiger partial charge in [-0.25, -0.2) is 4.79 Å². The molecule has 1 aromatic rings. The summed E-state index contributed by atoms with van der Waals surface area (Å²) in [7, 11) is 0. The van der Waals surface area contributed by atoms with E-state index in [1.54, 1.807) is 0 Å². The number of hydrogen-bond donors (Lipinski definition) is 1. The Morgan fingerprint density at radius 3 is 2.87 bits per heavy atom. The van der Waals surface area contributed by atoms with Crippen molar-refractivity contribution in [3.8, 4) is 0 Å². The molecule has 1 aliphatic heterocycles. The molecule has 2 rings (SSSR count). The van der Waals surface area contributed by atoms with Gasteiger partial charge in [0.2, 0.25) is 0 Å². The summed E-state index contributed by atoms with van der Waals surface area (Å²) in [6.07, 6.45) is 1.82. The molecule has 1 aromatic heterocycles. The molecule has 0 aromatic carbocycles. The van der Waals surface area contributed by atoms with Crippen molar-refractivity contribution in [3.05, 3.63) is 45.4 Å². The van der Waals surface area contributed by atoms with Crippen molar-refractivity contribution in [1.29, 1.82) is 0 Å². The van der Waals surface area contributed by atoms with Gasteiger partial charge in [-0.2, -0.15) is 0 Å². The lowest BCUT2D eigenvalue weighted by molar-refractivity contribution is 0.0665. The molecular weight excluding hydrogens is 196 g/mol. The lowest BCUT2D eigenvalue weighted by Crippen LogP contribution is -2.32. The maximum absolute atomic E-state index is 11.5. The number of nitrogens with one attached hydrogen (secondary N) is 1. The standard InChI is InChI=1S/C10H12N2O3/c1-6-5-7(2)15-9(6)12-4-3-8(13)11-10(12)14/h3-4,6,9H,2,5H2,1H3,(H,11,13,14). The molecule has 80 valence electrons. The molecule has 2 atom stereocenters. The number of aromatic nitrogens is 2. The Morgan fingerprint density at radius 2 is 2.33 bits per heavy atom. The SMILES string of the molecule is C=C1CC(C)C(n2ccc(=O)[nH]c2=O)O1. The molecule has 0 spiro atoms. The first-order valence-corrected chi connectivity index (χ1v) is 4.74. The number of rotatable bonds is 1. The van der Waals surface area contributed by atoms with Crippen LogP contribution in [0.25, 0.3) is 0 Å². The number of aromatic amines is 1. The maximum atomic E-state index is 11.5. The zero-order chi connectivity index (χ0) is 11.0. The van der Waals surface area contributed by atoms with E-state index >= 15 is 0 Å². The molecule has 1 fully saturated rings. The van der Waals surface area contributed by atoms with Crippen molar-refractivity contribution in [2.24, 2.45) is 5.92 Å². The van der Waals surface area contributed by atoms with Gasteiger partial charge < -0.3 is 4.74 Å². The van der Waals surface area contributed by atoms with Crippen LogP contribution >= 0.6 is 0 Å². The van der Waals surface area contributed by atoms with Crippen LogP contribution in [-0.2, 0) is 4.74 Å². The van der Waals surface area contributed by atoms with E-state index in [2.05, 4.69) is 11.6 Å². The zero-order valence-electron chi connectivity index (χ0n) is 8.40. The largest absolute Gasteiger partial charge is 0.475 e. The van der Waals surface area contributed by atoms with Crippen LogP contribution in [-0.4, -0.2) is 9.55 Å². The molecule has 2 unspecified atom stereocenters. The van der Waals surface area contributed by atoms with Crippen molar-refractivity contribution in [2.45, 2.75) is 19.6 Å². The third kappa shape index (κ3) is 1.72. The number of hydrogen-bond acceptors (Lipinski definition) is 3. The van der Waals surface area contributed by atoms with Gasteiger partial charge in [-0.05, 0) is 0 Å². The molecule has 0 bridgehead atoms. The highest BCUT2D eigenvalue weighted by atomic mass is 16.5. The summed E-state index contributed by atoms with van der Waals surface area (Å²) in [5.74, 6) is 0.853. The van der Waals surface area contributed by atoms with Crippen molar-refractivity contribution in [1.82, 2.24) is 9.55 Å². The van der Waals surface area contributed by atoms with Gasteiger partial charge in [0.05, 0.1) is 5.76 Å². The third-order valence-corrected chi connectivity index (χ3v) is 2.45. The van der Waals surface area contributed by atoms with Gasteiger partial charge in [-0.15, -0.1) is 0 Å². The van der Waals surface area contributed by atoms with Gasteiger partial charge in [0.1, 0.15) is 0 Å². The number of ether oxygens (including phenoxy) is 1. The van der Waals surface area contributed by atoms with Gasteiger partial charge in [-0.3, -0.25) is 14.3 Å². The molecule has 0 aliphatic carbocycles. The summed E-state index contributed by atoms with van der Waals surface area (Å²) in [5.41, 5.74) is -0.852. The Labute approximate surface area is 86.0 Å². The molecule has 5 nitrogen and oxygen atoms in total.